The Kier molecular flexibility index (Phi) is 3.89. The number of benzene rings is 5. The second-order valence-electron chi connectivity index (χ2n) is 7.50. The van der Waals surface area contributed by atoms with E-state index in [9.17, 15) is 8.42 Å². The molecule has 0 aliphatic carbocycles. The Morgan fingerprint density at radius 1 is 0.690 bits per heavy atom. The summed E-state index contributed by atoms with van der Waals surface area (Å²) < 4.78 is 28.8. The molecule has 0 spiro atoms. The molecule has 0 aromatic heterocycles. The first-order valence-corrected chi connectivity index (χ1v) is 10.9. The number of rotatable bonds is 4. The molecule has 0 heterocycles. The summed E-state index contributed by atoms with van der Waals surface area (Å²) in [6.07, 6.45) is 0. The third kappa shape index (κ3) is 2.95. The Labute approximate surface area is 169 Å². The number of sulfonamides is 1. The third-order valence-electron chi connectivity index (χ3n) is 5.38. The molecule has 29 heavy (non-hydrogen) atoms. The van der Waals surface area contributed by atoms with Crippen molar-refractivity contribution in [1.29, 1.82) is 0 Å². The van der Waals surface area contributed by atoms with Gasteiger partial charge in [0.2, 0.25) is 0 Å². The van der Waals surface area contributed by atoms with Crippen LogP contribution in [0.2, 0.25) is 0 Å². The molecule has 5 rings (SSSR count). The molecule has 0 amide bonds. The minimum absolute atomic E-state index is 0.264. The van der Waals surface area contributed by atoms with Crippen molar-refractivity contribution in [3.63, 3.8) is 0 Å². The topological polar surface area (TPSA) is 49.4 Å². The van der Waals surface area contributed by atoms with Gasteiger partial charge in [0.05, 0.1) is 4.90 Å². The van der Waals surface area contributed by atoms with Gasteiger partial charge in [-0.2, -0.15) is 0 Å². The summed E-state index contributed by atoms with van der Waals surface area (Å²) in [5.74, 6) is 0. The van der Waals surface area contributed by atoms with Crippen molar-refractivity contribution in [2.75, 3.05) is 23.7 Å². The van der Waals surface area contributed by atoms with Crippen molar-refractivity contribution in [1.82, 2.24) is 0 Å². The van der Waals surface area contributed by atoms with Gasteiger partial charge in [0.1, 0.15) is 0 Å². The lowest BCUT2D eigenvalue weighted by Crippen LogP contribution is -2.13. The summed E-state index contributed by atoms with van der Waals surface area (Å²) in [7, 11) is 0.193. The monoisotopic (exact) mass is 400 g/mol. The maximum absolute atomic E-state index is 13.1. The van der Waals surface area contributed by atoms with E-state index < -0.39 is 10.0 Å². The molecule has 0 bridgehead atoms. The van der Waals surface area contributed by atoms with Crippen LogP contribution in [0, 0.1) is 0 Å². The van der Waals surface area contributed by atoms with Crippen LogP contribution in [0.5, 0.6) is 0 Å². The van der Waals surface area contributed by atoms with Gasteiger partial charge in [-0.3, -0.25) is 4.72 Å². The lowest BCUT2D eigenvalue weighted by atomic mass is 9.94. The molecule has 4 nitrogen and oxygen atoms in total. The van der Waals surface area contributed by atoms with Gasteiger partial charge < -0.3 is 4.90 Å². The van der Waals surface area contributed by atoms with Gasteiger partial charge in [0.15, 0.2) is 0 Å². The molecule has 0 saturated carbocycles. The fourth-order valence-electron chi connectivity index (χ4n) is 3.92. The SMILES string of the molecule is CN(C)c1ccc(NS(=O)(=O)c2cc3ccc4cccc5ccc(c2)c3c45)cc1. The highest BCUT2D eigenvalue weighted by Crippen LogP contribution is 2.36. The Balaban J connectivity index is 1.62. The van der Waals surface area contributed by atoms with Crippen LogP contribution < -0.4 is 9.62 Å². The summed E-state index contributed by atoms with van der Waals surface area (Å²) in [4.78, 5) is 2.23. The van der Waals surface area contributed by atoms with Crippen LogP contribution in [0.15, 0.2) is 83.8 Å². The van der Waals surface area contributed by atoms with Crippen LogP contribution in [0.25, 0.3) is 32.3 Å². The molecular formula is C24H20N2O2S. The van der Waals surface area contributed by atoms with E-state index in [0.717, 1.165) is 32.6 Å². The molecule has 144 valence electrons. The normalized spacial score (nSPS) is 12.1. The van der Waals surface area contributed by atoms with Crippen molar-refractivity contribution in [2.24, 2.45) is 0 Å². The molecular weight excluding hydrogens is 380 g/mol. The summed E-state index contributed by atoms with van der Waals surface area (Å²) in [5, 5.41) is 6.46. The van der Waals surface area contributed by atoms with E-state index in [-0.39, 0.29) is 4.90 Å². The molecule has 0 fully saturated rings. The van der Waals surface area contributed by atoms with Crippen LogP contribution in [0.4, 0.5) is 11.4 Å². The summed E-state index contributed by atoms with van der Waals surface area (Å²) in [5.41, 5.74) is 1.55. The first-order valence-electron chi connectivity index (χ1n) is 9.40. The van der Waals surface area contributed by atoms with E-state index in [2.05, 4.69) is 16.9 Å². The summed E-state index contributed by atoms with van der Waals surface area (Å²) in [6, 6.07) is 25.1. The van der Waals surface area contributed by atoms with Gasteiger partial charge in [0.25, 0.3) is 10.0 Å². The number of hydrogen-bond donors (Lipinski definition) is 1. The van der Waals surface area contributed by atoms with E-state index in [0.29, 0.717) is 5.69 Å². The summed E-state index contributed by atoms with van der Waals surface area (Å²) >= 11 is 0. The predicted octanol–water partition coefficient (Wildman–Crippen LogP) is 5.45. The number of nitrogens with one attached hydrogen (secondary N) is 1. The van der Waals surface area contributed by atoms with Crippen molar-refractivity contribution >= 4 is 53.7 Å². The van der Waals surface area contributed by atoms with E-state index >= 15 is 0 Å². The lowest BCUT2D eigenvalue weighted by molar-refractivity contribution is 0.601. The van der Waals surface area contributed by atoms with E-state index in [1.54, 1.807) is 24.3 Å². The van der Waals surface area contributed by atoms with E-state index in [1.807, 2.05) is 61.5 Å². The molecule has 0 atom stereocenters. The molecule has 5 aromatic rings. The molecule has 0 saturated heterocycles. The molecule has 5 aromatic carbocycles. The summed E-state index contributed by atoms with van der Waals surface area (Å²) in [6.45, 7) is 0. The van der Waals surface area contributed by atoms with Crippen LogP contribution in [0.3, 0.4) is 0 Å². The average molecular weight is 401 g/mol. The number of hydrogen-bond acceptors (Lipinski definition) is 3. The minimum Gasteiger partial charge on any atom is -0.378 e. The Bertz CT molecular complexity index is 1390. The van der Waals surface area contributed by atoms with Gasteiger partial charge in [-0.1, -0.05) is 42.5 Å². The highest BCUT2D eigenvalue weighted by molar-refractivity contribution is 7.92. The molecule has 0 aliphatic heterocycles. The fraction of sp³-hybridized carbons (Fsp3) is 0.0833. The lowest BCUT2D eigenvalue weighted by Gasteiger charge is -2.15. The van der Waals surface area contributed by atoms with Crippen molar-refractivity contribution in [3.8, 4) is 0 Å². The van der Waals surface area contributed by atoms with Crippen LogP contribution in [0.1, 0.15) is 0 Å². The van der Waals surface area contributed by atoms with Crippen molar-refractivity contribution in [3.05, 3.63) is 78.9 Å². The standard InChI is InChI=1S/C24H20N2O2S/c1-26(2)21-12-10-20(11-13-21)25-29(27,28)22-14-18-8-6-16-4-3-5-17-7-9-19(15-22)24(18)23(16)17/h3-15,25H,1-2H3. The van der Waals surface area contributed by atoms with Crippen molar-refractivity contribution in [2.45, 2.75) is 4.90 Å². The average Bonchev–Trinajstić information content (AvgIpc) is 2.72. The zero-order valence-corrected chi connectivity index (χ0v) is 17.0. The largest absolute Gasteiger partial charge is 0.378 e. The highest BCUT2D eigenvalue weighted by atomic mass is 32.2. The Morgan fingerprint density at radius 2 is 1.21 bits per heavy atom. The maximum atomic E-state index is 13.1. The third-order valence-corrected chi connectivity index (χ3v) is 6.74. The molecule has 0 unspecified atom stereocenters. The van der Waals surface area contributed by atoms with E-state index in [4.69, 9.17) is 0 Å². The predicted molar refractivity (Wildman–Crippen MR) is 122 cm³/mol. The molecule has 1 N–H and O–H groups in total. The first-order chi connectivity index (χ1) is 13.9. The van der Waals surface area contributed by atoms with Gasteiger partial charge in [-0.25, -0.2) is 8.42 Å². The van der Waals surface area contributed by atoms with Crippen LogP contribution in [-0.2, 0) is 10.0 Å². The number of nitrogens with zero attached hydrogens (tertiary/aromatic N) is 1. The molecule has 0 aliphatic rings. The van der Waals surface area contributed by atoms with Gasteiger partial charge >= 0.3 is 0 Å². The second kappa shape index (κ2) is 6.36. The first kappa shape index (κ1) is 17.8. The highest BCUT2D eigenvalue weighted by Gasteiger charge is 2.17. The fourth-order valence-corrected chi connectivity index (χ4v) is 5.05. The minimum atomic E-state index is -3.70. The number of anilines is 2. The van der Waals surface area contributed by atoms with E-state index in [1.165, 1.54) is 5.39 Å². The van der Waals surface area contributed by atoms with Crippen molar-refractivity contribution < 1.29 is 8.42 Å². The van der Waals surface area contributed by atoms with Gasteiger partial charge in [-0.15, -0.1) is 0 Å². The van der Waals surface area contributed by atoms with Crippen LogP contribution in [-0.4, -0.2) is 22.5 Å². The Morgan fingerprint density at radius 3 is 1.76 bits per heavy atom. The zero-order valence-electron chi connectivity index (χ0n) is 16.2. The molecule has 0 radical (unpaired) electrons. The smallest absolute Gasteiger partial charge is 0.261 e. The zero-order chi connectivity index (χ0) is 20.2. The van der Waals surface area contributed by atoms with Gasteiger partial charge in [-0.05, 0) is 68.7 Å². The Hall–Kier alpha value is -3.31. The molecule has 5 heteroatoms. The second-order valence-corrected chi connectivity index (χ2v) is 9.18. The van der Waals surface area contributed by atoms with Crippen LogP contribution >= 0.6 is 0 Å². The maximum Gasteiger partial charge on any atom is 0.261 e. The van der Waals surface area contributed by atoms with Gasteiger partial charge in [0, 0.05) is 25.5 Å². The quantitative estimate of drug-likeness (QED) is 0.408.